The first kappa shape index (κ1) is 16.1. The molecule has 0 radical (unpaired) electrons. The van der Waals surface area contributed by atoms with Gasteiger partial charge in [0.2, 0.25) is 5.91 Å². The smallest absolute Gasteiger partial charge is 0.307 e. The summed E-state index contributed by atoms with van der Waals surface area (Å²) in [6.45, 7) is 1.81. The maximum atomic E-state index is 12.4. The topological polar surface area (TPSA) is 66.4 Å². The van der Waals surface area contributed by atoms with Gasteiger partial charge in [0, 0.05) is 0 Å². The first-order valence-electron chi connectivity index (χ1n) is 6.90. The maximum Gasteiger partial charge on any atom is 0.307 e. The second-order valence-electron chi connectivity index (χ2n) is 5.38. The van der Waals surface area contributed by atoms with Crippen molar-refractivity contribution in [3.05, 3.63) is 27.7 Å². The van der Waals surface area contributed by atoms with Crippen LogP contribution >= 0.6 is 23.2 Å². The summed E-state index contributed by atoms with van der Waals surface area (Å²) in [7, 11) is 0. The van der Waals surface area contributed by atoms with Gasteiger partial charge in [-0.1, -0.05) is 42.1 Å². The van der Waals surface area contributed by atoms with Crippen molar-refractivity contribution in [2.45, 2.75) is 32.6 Å². The summed E-state index contributed by atoms with van der Waals surface area (Å²) in [6.07, 6.45) is 2.80. The number of carbonyl (C=O) groups is 2. The van der Waals surface area contributed by atoms with Gasteiger partial charge in [0.25, 0.3) is 0 Å². The van der Waals surface area contributed by atoms with Crippen molar-refractivity contribution in [3.8, 4) is 0 Å². The van der Waals surface area contributed by atoms with Crippen LogP contribution in [0.1, 0.15) is 31.2 Å². The van der Waals surface area contributed by atoms with E-state index >= 15 is 0 Å². The molecule has 1 fully saturated rings. The number of carboxylic acids is 1. The summed E-state index contributed by atoms with van der Waals surface area (Å²) in [5.41, 5.74) is 1.16. The number of benzene rings is 1. The molecule has 0 aliphatic heterocycles. The van der Waals surface area contributed by atoms with E-state index in [-0.39, 0.29) is 5.91 Å². The number of nitrogens with one attached hydrogen (secondary N) is 1. The van der Waals surface area contributed by atoms with Gasteiger partial charge in [0.05, 0.1) is 27.6 Å². The molecule has 0 unspecified atom stereocenters. The highest BCUT2D eigenvalue weighted by molar-refractivity contribution is 6.40. The van der Waals surface area contributed by atoms with Gasteiger partial charge in [0.1, 0.15) is 0 Å². The van der Waals surface area contributed by atoms with Gasteiger partial charge < -0.3 is 10.4 Å². The molecule has 6 heteroatoms. The predicted molar refractivity (Wildman–Crippen MR) is 82.9 cm³/mol. The first-order chi connectivity index (χ1) is 9.91. The Balaban J connectivity index is 2.21. The van der Waals surface area contributed by atoms with Gasteiger partial charge in [-0.2, -0.15) is 0 Å². The van der Waals surface area contributed by atoms with E-state index in [4.69, 9.17) is 23.2 Å². The molecule has 0 bridgehead atoms. The van der Waals surface area contributed by atoms with E-state index in [9.17, 15) is 14.7 Å². The summed E-state index contributed by atoms with van der Waals surface area (Å²) in [5.74, 6) is -2.42. The van der Waals surface area contributed by atoms with E-state index in [1.807, 2.05) is 6.92 Å². The molecule has 0 aromatic heterocycles. The zero-order valence-corrected chi connectivity index (χ0v) is 13.2. The third-order valence-electron chi connectivity index (χ3n) is 3.95. The van der Waals surface area contributed by atoms with Crippen LogP contribution in [0.25, 0.3) is 0 Å². The fourth-order valence-corrected chi connectivity index (χ4v) is 3.19. The maximum absolute atomic E-state index is 12.4. The zero-order valence-electron chi connectivity index (χ0n) is 11.7. The molecular weight excluding hydrogens is 313 g/mol. The molecule has 114 valence electrons. The average molecular weight is 330 g/mol. The second-order valence-corrected chi connectivity index (χ2v) is 6.16. The van der Waals surface area contributed by atoms with Gasteiger partial charge >= 0.3 is 5.97 Å². The number of aliphatic carboxylic acids is 1. The number of amides is 1. The summed E-state index contributed by atoms with van der Waals surface area (Å²) >= 11 is 12.2. The Morgan fingerprint density at radius 1 is 1.19 bits per heavy atom. The number of hydrogen-bond donors (Lipinski definition) is 2. The van der Waals surface area contributed by atoms with Gasteiger partial charge in [-0.25, -0.2) is 0 Å². The van der Waals surface area contributed by atoms with Crippen LogP contribution in [-0.2, 0) is 9.59 Å². The Labute approximate surface area is 133 Å². The predicted octanol–water partition coefficient (Wildman–Crippen LogP) is 4.13. The van der Waals surface area contributed by atoms with E-state index in [1.165, 1.54) is 0 Å². The molecule has 1 amide bonds. The van der Waals surface area contributed by atoms with Crippen LogP contribution in [0.4, 0.5) is 5.69 Å². The molecule has 2 atom stereocenters. The van der Waals surface area contributed by atoms with Gasteiger partial charge in [-0.3, -0.25) is 9.59 Å². The van der Waals surface area contributed by atoms with Crippen molar-refractivity contribution in [2.75, 3.05) is 5.32 Å². The highest BCUT2D eigenvalue weighted by atomic mass is 35.5. The number of hydrogen-bond acceptors (Lipinski definition) is 2. The van der Waals surface area contributed by atoms with Crippen molar-refractivity contribution in [2.24, 2.45) is 11.8 Å². The van der Waals surface area contributed by atoms with Crippen molar-refractivity contribution in [3.63, 3.8) is 0 Å². The van der Waals surface area contributed by atoms with Gasteiger partial charge in [0.15, 0.2) is 0 Å². The molecule has 0 spiro atoms. The van der Waals surface area contributed by atoms with Crippen molar-refractivity contribution in [1.82, 2.24) is 0 Å². The fourth-order valence-electron chi connectivity index (χ4n) is 2.73. The molecule has 21 heavy (non-hydrogen) atoms. The Morgan fingerprint density at radius 2 is 1.81 bits per heavy atom. The minimum atomic E-state index is -0.920. The SMILES string of the molecule is Cc1ccc(Cl)c(NC(=O)[C@@H]2CCCC[C@@H]2C(=O)O)c1Cl. The van der Waals surface area contributed by atoms with E-state index < -0.39 is 17.8 Å². The molecule has 2 rings (SSSR count). The molecule has 0 heterocycles. The highest BCUT2D eigenvalue weighted by Crippen LogP contribution is 2.36. The first-order valence-corrected chi connectivity index (χ1v) is 7.65. The Kier molecular flexibility index (Phi) is 5.12. The Morgan fingerprint density at radius 3 is 2.43 bits per heavy atom. The lowest BCUT2D eigenvalue weighted by Gasteiger charge is -2.27. The molecule has 0 saturated heterocycles. The lowest BCUT2D eigenvalue weighted by molar-refractivity contribution is -0.147. The number of halogens is 2. The number of anilines is 1. The second kappa shape index (κ2) is 6.67. The molecule has 2 N–H and O–H groups in total. The lowest BCUT2D eigenvalue weighted by Crippen LogP contribution is -2.36. The normalized spacial score (nSPS) is 21.9. The van der Waals surface area contributed by atoms with Gasteiger partial charge in [-0.05, 0) is 31.4 Å². The van der Waals surface area contributed by atoms with E-state index in [2.05, 4.69) is 5.32 Å². The van der Waals surface area contributed by atoms with Crippen LogP contribution in [0.5, 0.6) is 0 Å². The molecule has 4 nitrogen and oxygen atoms in total. The molecule has 1 aromatic rings. The monoisotopic (exact) mass is 329 g/mol. The molecule has 1 aliphatic carbocycles. The number of rotatable bonds is 3. The number of carbonyl (C=O) groups excluding carboxylic acids is 1. The third-order valence-corrected chi connectivity index (χ3v) is 4.75. The molecule has 1 saturated carbocycles. The van der Waals surface area contributed by atoms with Crippen molar-refractivity contribution in [1.29, 1.82) is 0 Å². The Bertz CT molecular complexity index is 574. The summed E-state index contributed by atoms with van der Waals surface area (Å²) in [5, 5.41) is 12.7. The quantitative estimate of drug-likeness (QED) is 0.876. The van der Waals surface area contributed by atoms with Crippen LogP contribution < -0.4 is 5.32 Å². The largest absolute Gasteiger partial charge is 0.481 e. The summed E-state index contributed by atoms with van der Waals surface area (Å²) < 4.78 is 0. The van der Waals surface area contributed by atoms with E-state index in [0.29, 0.717) is 28.6 Å². The number of carboxylic acid groups (broad SMARTS) is 1. The van der Waals surface area contributed by atoms with Crippen LogP contribution in [0, 0.1) is 18.8 Å². The van der Waals surface area contributed by atoms with Gasteiger partial charge in [-0.15, -0.1) is 0 Å². The third kappa shape index (κ3) is 3.50. The molecule has 1 aliphatic rings. The zero-order chi connectivity index (χ0) is 15.6. The van der Waals surface area contributed by atoms with Crippen LogP contribution in [-0.4, -0.2) is 17.0 Å². The van der Waals surface area contributed by atoms with Crippen molar-refractivity contribution >= 4 is 40.8 Å². The standard InChI is InChI=1S/C15H17Cl2NO3/c1-8-6-7-11(16)13(12(8)17)18-14(19)9-4-2-3-5-10(9)15(20)21/h6-7,9-10H,2-5H2,1H3,(H,18,19)(H,20,21)/t9-,10+/m1/s1. The highest BCUT2D eigenvalue weighted by Gasteiger charge is 2.36. The van der Waals surface area contributed by atoms with E-state index in [0.717, 1.165) is 18.4 Å². The fraction of sp³-hybridized carbons (Fsp3) is 0.467. The summed E-state index contributed by atoms with van der Waals surface area (Å²) in [4.78, 5) is 23.7. The number of aryl methyl sites for hydroxylation is 1. The van der Waals surface area contributed by atoms with E-state index in [1.54, 1.807) is 12.1 Å². The van der Waals surface area contributed by atoms with Crippen LogP contribution in [0.2, 0.25) is 10.0 Å². The van der Waals surface area contributed by atoms with Crippen molar-refractivity contribution < 1.29 is 14.7 Å². The minimum Gasteiger partial charge on any atom is -0.481 e. The van der Waals surface area contributed by atoms with Crippen LogP contribution in [0.3, 0.4) is 0 Å². The average Bonchev–Trinajstić information content (AvgIpc) is 2.47. The Hall–Kier alpha value is -1.26. The summed E-state index contributed by atoms with van der Waals surface area (Å²) in [6, 6.07) is 3.43. The lowest BCUT2D eigenvalue weighted by atomic mass is 9.78. The van der Waals surface area contributed by atoms with Crippen LogP contribution in [0.15, 0.2) is 12.1 Å². The molecule has 1 aromatic carbocycles. The minimum absolute atomic E-state index is 0.323. The molecular formula is C15H17Cl2NO3.